The van der Waals surface area contributed by atoms with Gasteiger partial charge in [-0.25, -0.2) is 4.98 Å². The fourth-order valence-corrected chi connectivity index (χ4v) is 3.81. The number of carbonyl (C=O) groups excluding carboxylic acids is 1. The summed E-state index contributed by atoms with van der Waals surface area (Å²) in [6.45, 7) is 6.18. The maximum Gasteiger partial charge on any atom is 0.239 e. The monoisotopic (exact) mass is 403 g/mol. The number of hydrogen-bond acceptors (Lipinski definition) is 7. The van der Waals surface area contributed by atoms with E-state index in [1.807, 2.05) is 56.0 Å². The highest BCUT2D eigenvalue weighted by molar-refractivity contribution is 8.00. The minimum atomic E-state index is -0.329. The van der Waals surface area contributed by atoms with Gasteiger partial charge in [0.05, 0.1) is 5.25 Å². The molecule has 1 N–H and O–H groups in total. The minimum Gasteiger partial charge on any atom is -0.485 e. The van der Waals surface area contributed by atoms with Gasteiger partial charge in [-0.3, -0.25) is 4.79 Å². The zero-order valence-electron chi connectivity index (χ0n) is 15.6. The lowest BCUT2D eigenvalue weighted by Crippen LogP contribution is -2.22. The summed E-state index contributed by atoms with van der Waals surface area (Å²) in [6, 6.07) is 6.04. The quantitative estimate of drug-likeness (QED) is 0.607. The van der Waals surface area contributed by atoms with E-state index in [0.717, 1.165) is 16.9 Å². The van der Waals surface area contributed by atoms with Crippen LogP contribution in [0, 0.1) is 13.8 Å². The zero-order chi connectivity index (χ0) is 19.4. The summed E-state index contributed by atoms with van der Waals surface area (Å²) in [7, 11) is 1.87. The van der Waals surface area contributed by atoms with Crippen molar-refractivity contribution < 1.29 is 9.53 Å². The number of aromatic nitrogens is 4. The van der Waals surface area contributed by atoms with Gasteiger partial charge in [0.25, 0.3) is 0 Å². The molecule has 3 rings (SSSR count). The number of rotatable bonds is 7. The van der Waals surface area contributed by atoms with Crippen LogP contribution in [0.2, 0.25) is 0 Å². The summed E-state index contributed by atoms with van der Waals surface area (Å²) < 4.78 is 7.80. The highest BCUT2D eigenvalue weighted by atomic mass is 32.2. The molecule has 0 aliphatic heterocycles. The molecule has 1 atom stereocenters. The summed E-state index contributed by atoms with van der Waals surface area (Å²) in [5, 5.41) is 13.9. The third-order valence-electron chi connectivity index (χ3n) is 3.99. The SMILES string of the molecule is Cc1cccc(C)c1OCc1nnc(S[C@H](C)C(=O)Nc2nccs2)n1C. The number of nitrogens with one attached hydrogen (secondary N) is 1. The largest absolute Gasteiger partial charge is 0.485 e. The second-order valence-corrected chi connectivity index (χ2v) is 8.26. The third-order valence-corrected chi connectivity index (χ3v) is 5.82. The van der Waals surface area contributed by atoms with Gasteiger partial charge < -0.3 is 14.6 Å². The summed E-state index contributed by atoms with van der Waals surface area (Å²) in [5.41, 5.74) is 2.17. The molecule has 142 valence electrons. The fraction of sp³-hybridized carbons (Fsp3) is 0.333. The molecule has 27 heavy (non-hydrogen) atoms. The number of thiazole rings is 1. The van der Waals surface area contributed by atoms with E-state index < -0.39 is 0 Å². The van der Waals surface area contributed by atoms with Crippen LogP contribution >= 0.6 is 23.1 Å². The first-order chi connectivity index (χ1) is 13.0. The van der Waals surface area contributed by atoms with Crippen LogP contribution in [0.4, 0.5) is 5.13 Å². The van der Waals surface area contributed by atoms with Crippen molar-refractivity contribution in [1.82, 2.24) is 19.7 Å². The second kappa shape index (κ2) is 8.53. The molecule has 0 spiro atoms. The molecule has 0 radical (unpaired) electrons. The first kappa shape index (κ1) is 19.4. The molecule has 0 aliphatic rings. The maximum absolute atomic E-state index is 12.3. The second-order valence-electron chi connectivity index (χ2n) is 6.05. The molecular formula is C18H21N5O2S2. The molecule has 1 aromatic carbocycles. The predicted octanol–water partition coefficient (Wildman–Crippen LogP) is 3.59. The van der Waals surface area contributed by atoms with Crippen LogP contribution in [0.15, 0.2) is 34.9 Å². The van der Waals surface area contributed by atoms with Gasteiger partial charge in [-0.05, 0) is 31.9 Å². The number of nitrogens with zero attached hydrogens (tertiary/aromatic N) is 4. The van der Waals surface area contributed by atoms with Gasteiger partial charge >= 0.3 is 0 Å². The van der Waals surface area contributed by atoms with Crippen molar-refractivity contribution in [1.29, 1.82) is 0 Å². The molecule has 2 aromatic heterocycles. The van der Waals surface area contributed by atoms with E-state index in [9.17, 15) is 4.79 Å². The number of thioether (sulfide) groups is 1. The highest BCUT2D eigenvalue weighted by Gasteiger charge is 2.20. The molecular weight excluding hydrogens is 382 g/mol. The van der Waals surface area contributed by atoms with Crippen LogP contribution in [-0.2, 0) is 18.4 Å². The Morgan fingerprint density at radius 2 is 2.07 bits per heavy atom. The molecule has 0 bridgehead atoms. The number of ether oxygens (including phenoxy) is 1. The number of hydrogen-bond donors (Lipinski definition) is 1. The summed E-state index contributed by atoms with van der Waals surface area (Å²) in [5.74, 6) is 1.45. The van der Waals surface area contributed by atoms with E-state index in [4.69, 9.17) is 4.74 Å². The zero-order valence-corrected chi connectivity index (χ0v) is 17.2. The van der Waals surface area contributed by atoms with Crippen molar-refractivity contribution in [2.24, 2.45) is 7.05 Å². The normalized spacial score (nSPS) is 12.0. The van der Waals surface area contributed by atoms with E-state index >= 15 is 0 Å². The van der Waals surface area contributed by atoms with Gasteiger partial charge in [-0.2, -0.15) is 0 Å². The first-order valence-corrected chi connectivity index (χ1v) is 10.2. The fourth-order valence-electron chi connectivity index (χ4n) is 2.44. The molecule has 9 heteroatoms. The number of anilines is 1. The molecule has 0 unspecified atom stereocenters. The summed E-state index contributed by atoms with van der Waals surface area (Å²) in [6.07, 6.45) is 1.66. The van der Waals surface area contributed by atoms with Crippen LogP contribution in [0.5, 0.6) is 5.75 Å². The van der Waals surface area contributed by atoms with Crippen molar-refractivity contribution >= 4 is 34.1 Å². The molecule has 2 heterocycles. The van der Waals surface area contributed by atoms with Crippen molar-refractivity contribution in [2.75, 3.05) is 5.32 Å². The Morgan fingerprint density at radius 1 is 1.33 bits per heavy atom. The Hall–Kier alpha value is -2.39. The first-order valence-electron chi connectivity index (χ1n) is 8.40. The Labute approximate surface area is 166 Å². The molecule has 3 aromatic rings. The van der Waals surface area contributed by atoms with E-state index in [-0.39, 0.29) is 11.2 Å². The summed E-state index contributed by atoms with van der Waals surface area (Å²) in [4.78, 5) is 16.3. The average Bonchev–Trinajstić information content (AvgIpc) is 3.26. The van der Waals surface area contributed by atoms with Gasteiger partial charge in [-0.15, -0.1) is 21.5 Å². The Kier molecular flexibility index (Phi) is 6.12. The standard InChI is InChI=1S/C18H21N5O2S2/c1-11-6-5-7-12(2)15(11)25-10-14-21-22-18(23(14)4)27-13(3)16(24)20-17-19-8-9-26-17/h5-9,13H,10H2,1-4H3,(H,19,20,24)/t13-/m1/s1. The van der Waals surface area contributed by atoms with Crippen molar-refractivity contribution in [3.63, 3.8) is 0 Å². The van der Waals surface area contributed by atoms with Crippen molar-refractivity contribution in [3.05, 3.63) is 46.7 Å². The van der Waals surface area contributed by atoms with Gasteiger partial charge in [0.2, 0.25) is 5.91 Å². The Morgan fingerprint density at radius 3 is 2.74 bits per heavy atom. The summed E-state index contributed by atoms with van der Waals surface area (Å²) >= 11 is 2.73. The van der Waals surface area contributed by atoms with E-state index in [1.165, 1.54) is 23.1 Å². The molecule has 1 amide bonds. The van der Waals surface area contributed by atoms with E-state index in [2.05, 4.69) is 20.5 Å². The highest BCUT2D eigenvalue weighted by Crippen LogP contribution is 2.25. The average molecular weight is 404 g/mol. The number of amides is 1. The van der Waals surface area contributed by atoms with Gasteiger partial charge in [0.1, 0.15) is 12.4 Å². The molecule has 0 saturated carbocycles. The number of aryl methyl sites for hydroxylation is 2. The molecule has 0 aliphatic carbocycles. The Bertz CT molecular complexity index is 904. The van der Waals surface area contributed by atoms with Crippen LogP contribution in [0.1, 0.15) is 23.9 Å². The van der Waals surface area contributed by atoms with E-state index in [1.54, 1.807) is 6.20 Å². The smallest absolute Gasteiger partial charge is 0.239 e. The molecule has 7 nitrogen and oxygen atoms in total. The Balaban J connectivity index is 1.62. The number of carbonyl (C=O) groups is 1. The molecule has 0 saturated heterocycles. The van der Waals surface area contributed by atoms with Gasteiger partial charge in [0.15, 0.2) is 16.1 Å². The minimum absolute atomic E-state index is 0.119. The van der Waals surface area contributed by atoms with Crippen molar-refractivity contribution in [2.45, 2.75) is 37.8 Å². The number of para-hydroxylation sites is 1. The lowest BCUT2D eigenvalue weighted by atomic mass is 10.1. The predicted molar refractivity (Wildman–Crippen MR) is 107 cm³/mol. The maximum atomic E-state index is 12.3. The van der Waals surface area contributed by atoms with Crippen LogP contribution in [0.25, 0.3) is 0 Å². The van der Waals surface area contributed by atoms with Crippen molar-refractivity contribution in [3.8, 4) is 5.75 Å². The lowest BCUT2D eigenvalue weighted by Gasteiger charge is -2.12. The topological polar surface area (TPSA) is 81.9 Å². The van der Waals surface area contributed by atoms with Crippen LogP contribution in [0.3, 0.4) is 0 Å². The third kappa shape index (κ3) is 4.67. The van der Waals surface area contributed by atoms with Gasteiger partial charge in [0, 0.05) is 18.6 Å². The lowest BCUT2D eigenvalue weighted by molar-refractivity contribution is -0.115. The van der Waals surface area contributed by atoms with Crippen LogP contribution in [-0.4, -0.2) is 30.9 Å². The van der Waals surface area contributed by atoms with Gasteiger partial charge in [-0.1, -0.05) is 30.0 Å². The number of benzene rings is 1. The van der Waals surface area contributed by atoms with E-state index in [0.29, 0.717) is 22.7 Å². The van der Waals surface area contributed by atoms with Crippen LogP contribution < -0.4 is 10.1 Å². The molecule has 0 fully saturated rings.